The van der Waals surface area contributed by atoms with Crippen molar-refractivity contribution in [2.45, 2.75) is 19.9 Å². The summed E-state index contributed by atoms with van der Waals surface area (Å²) in [5, 5.41) is 9.62. The predicted molar refractivity (Wildman–Crippen MR) is 100.0 cm³/mol. The number of carbonyl (C=O) groups is 1. The van der Waals surface area contributed by atoms with Gasteiger partial charge in [0.1, 0.15) is 0 Å². The molecule has 1 amide bonds. The average Bonchev–Trinajstić information content (AvgIpc) is 3.32. The second-order valence-corrected chi connectivity index (χ2v) is 6.90. The van der Waals surface area contributed by atoms with E-state index in [-0.39, 0.29) is 11.9 Å². The Morgan fingerprint density at radius 1 is 1.27 bits per heavy atom. The molecular formula is C19H16N4O2S. The zero-order valence-corrected chi connectivity index (χ0v) is 15.1. The van der Waals surface area contributed by atoms with Gasteiger partial charge in [0.15, 0.2) is 0 Å². The lowest BCUT2D eigenvalue weighted by atomic mass is 10.1. The normalized spacial score (nSPS) is 12.2. The Bertz CT molecular complexity index is 1060. The van der Waals surface area contributed by atoms with E-state index in [0.717, 1.165) is 10.4 Å². The highest BCUT2D eigenvalue weighted by atomic mass is 32.1. The van der Waals surface area contributed by atoms with Gasteiger partial charge in [-0.1, -0.05) is 11.2 Å². The van der Waals surface area contributed by atoms with E-state index in [2.05, 4.69) is 20.4 Å². The third-order valence-corrected chi connectivity index (χ3v) is 5.08. The van der Waals surface area contributed by atoms with Gasteiger partial charge in [-0.05, 0) is 49.1 Å². The van der Waals surface area contributed by atoms with Gasteiger partial charge in [0.2, 0.25) is 0 Å². The van der Waals surface area contributed by atoms with Crippen molar-refractivity contribution in [1.29, 1.82) is 0 Å². The zero-order chi connectivity index (χ0) is 18.1. The van der Waals surface area contributed by atoms with E-state index in [1.54, 1.807) is 36.7 Å². The molecule has 4 aromatic rings. The molecule has 0 saturated carbocycles. The van der Waals surface area contributed by atoms with E-state index in [0.29, 0.717) is 28.1 Å². The summed E-state index contributed by atoms with van der Waals surface area (Å²) in [7, 11) is 0. The maximum absolute atomic E-state index is 13.0. The molecule has 7 heteroatoms. The minimum atomic E-state index is -0.189. The Kier molecular flexibility index (Phi) is 4.22. The Hall–Kier alpha value is -3.06. The van der Waals surface area contributed by atoms with Crippen LogP contribution in [0.5, 0.6) is 0 Å². The van der Waals surface area contributed by atoms with Gasteiger partial charge < -0.3 is 9.84 Å². The lowest BCUT2D eigenvalue weighted by molar-refractivity contribution is 0.0941. The monoisotopic (exact) mass is 364 g/mol. The summed E-state index contributed by atoms with van der Waals surface area (Å²) in [6.07, 6.45) is 3.42. The predicted octanol–water partition coefficient (Wildman–Crippen LogP) is 4.15. The van der Waals surface area contributed by atoms with Gasteiger partial charge in [-0.25, -0.2) is 4.98 Å². The van der Waals surface area contributed by atoms with Gasteiger partial charge in [-0.2, -0.15) is 0 Å². The average molecular weight is 364 g/mol. The molecule has 0 aromatic carbocycles. The number of nitrogens with zero attached hydrogens (tertiary/aromatic N) is 3. The maximum Gasteiger partial charge on any atom is 0.259 e. The highest BCUT2D eigenvalue weighted by Gasteiger charge is 2.21. The quantitative estimate of drug-likeness (QED) is 0.588. The number of nitrogens with one attached hydrogen (secondary N) is 1. The molecule has 4 aromatic heterocycles. The summed E-state index contributed by atoms with van der Waals surface area (Å²) in [4.78, 5) is 22.5. The SMILES string of the molecule is Cc1noc2nc(-c3cccs3)cc(C(=O)N[C@@H](C)c3ccncc3)c12. The van der Waals surface area contributed by atoms with Crippen molar-refractivity contribution in [2.75, 3.05) is 0 Å². The molecule has 130 valence electrons. The molecule has 4 rings (SSSR count). The zero-order valence-electron chi connectivity index (χ0n) is 14.3. The van der Waals surface area contributed by atoms with Crippen molar-refractivity contribution in [2.24, 2.45) is 0 Å². The fraction of sp³-hybridized carbons (Fsp3) is 0.158. The molecule has 6 nitrogen and oxygen atoms in total. The second-order valence-electron chi connectivity index (χ2n) is 5.96. The van der Waals surface area contributed by atoms with Crippen LogP contribution in [0.2, 0.25) is 0 Å². The maximum atomic E-state index is 13.0. The molecule has 0 bridgehead atoms. The fourth-order valence-corrected chi connectivity index (χ4v) is 3.52. The van der Waals surface area contributed by atoms with Crippen molar-refractivity contribution in [3.63, 3.8) is 0 Å². The molecule has 1 atom stereocenters. The number of aromatic nitrogens is 3. The summed E-state index contributed by atoms with van der Waals surface area (Å²) in [6.45, 7) is 3.74. The molecule has 0 saturated heterocycles. The summed E-state index contributed by atoms with van der Waals surface area (Å²) < 4.78 is 5.32. The number of rotatable bonds is 4. The first-order chi connectivity index (χ1) is 12.6. The van der Waals surface area contributed by atoms with Crippen LogP contribution in [0.4, 0.5) is 0 Å². The molecule has 0 fully saturated rings. The number of fused-ring (bicyclic) bond motifs is 1. The van der Waals surface area contributed by atoms with Crippen LogP contribution in [0.1, 0.15) is 34.6 Å². The van der Waals surface area contributed by atoms with Crippen LogP contribution in [0.3, 0.4) is 0 Å². The second kappa shape index (κ2) is 6.68. The largest absolute Gasteiger partial charge is 0.345 e. The summed E-state index contributed by atoms with van der Waals surface area (Å²) in [5.74, 6) is -0.189. The van der Waals surface area contributed by atoms with E-state index in [1.807, 2.05) is 36.6 Å². The molecule has 26 heavy (non-hydrogen) atoms. The molecule has 1 N–H and O–H groups in total. The minimum Gasteiger partial charge on any atom is -0.345 e. The van der Waals surface area contributed by atoms with Gasteiger partial charge in [0.05, 0.1) is 33.3 Å². The van der Waals surface area contributed by atoms with Crippen LogP contribution in [0.25, 0.3) is 21.7 Å². The third-order valence-electron chi connectivity index (χ3n) is 4.19. The first kappa shape index (κ1) is 16.4. The van der Waals surface area contributed by atoms with Crippen molar-refractivity contribution in [3.05, 3.63) is 64.9 Å². The molecule has 0 aliphatic heterocycles. The fourth-order valence-electron chi connectivity index (χ4n) is 2.83. The summed E-state index contributed by atoms with van der Waals surface area (Å²) in [6, 6.07) is 9.32. The standard InChI is InChI=1S/C19H16N4O2S/c1-11(13-5-7-20-8-6-13)21-18(24)14-10-15(16-4-3-9-26-16)22-19-17(14)12(2)23-25-19/h3-11H,1-2H3,(H,21,24)/t11-/m0/s1. The van der Waals surface area contributed by atoms with Gasteiger partial charge >= 0.3 is 0 Å². The number of hydrogen-bond donors (Lipinski definition) is 1. The summed E-state index contributed by atoms with van der Waals surface area (Å²) >= 11 is 1.56. The lowest BCUT2D eigenvalue weighted by Gasteiger charge is -2.14. The van der Waals surface area contributed by atoms with Crippen LogP contribution in [0, 0.1) is 6.92 Å². The highest BCUT2D eigenvalue weighted by molar-refractivity contribution is 7.13. The molecular weight excluding hydrogens is 348 g/mol. The van der Waals surface area contributed by atoms with E-state index in [9.17, 15) is 4.79 Å². The van der Waals surface area contributed by atoms with E-state index >= 15 is 0 Å². The van der Waals surface area contributed by atoms with Gasteiger partial charge in [-0.3, -0.25) is 9.78 Å². The van der Waals surface area contributed by atoms with Crippen LogP contribution in [-0.2, 0) is 0 Å². The minimum absolute atomic E-state index is 0.154. The molecule has 4 heterocycles. The lowest BCUT2D eigenvalue weighted by Crippen LogP contribution is -2.27. The van der Waals surface area contributed by atoms with Crippen molar-refractivity contribution < 1.29 is 9.32 Å². The molecule has 0 spiro atoms. The van der Waals surface area contributed by atoms with Crippen molar-refractivity contribution >= 4 is 28.3 Å². The molecule has 0 unspecified atom stereocenters. The van der Waals surface area contributed by atoms with Gasteiger partial charge in [0.25, 0.3) is 11.6 Å². The molecule has 0 aliphatic rings. The number of aryl methyl sites for hydroxylation is 1. The summed E-state index contributed by atoms with van der Waals surface area (Å²) in [5.41, 5.74) is 3.21. The topological polar surface area (TPSA) is 80.9 Å². The van der Waals surface area contributed by atoms with Crippen LogP contribution >= 0.6 is 11.3 Å². The van der Waals surface area contributed by atoms with Crippen molar-refractivity contribution in [1.82, 2.24) is 20.4 Å². The smallest absolute Gasteiger partial charge is 0.259 e. The van der Waals surface area contributed by atoms with E-state index in [4.69, 9.17) is 4.52 Å². The third kappa shape index (κ3) is 2.97. The number of pyridine rings is 2. The van der Waals surface area contributed by atoms with Gasteiger partial charge in [0, 0.05) is 12.4 Å². The number of amides is 1. The van der Waals surface area contributed by atoms with Gasteiger partial charge in [-0.15, -0.1) is 11.3 Å². The Labute approximate surface area is 153 Å². The molecule has 0 radical (unpaired) electrons. The van der Waals surface area contributed by atoms with Crippen LogP contribution in [-0.4, -0.2) is 21.0 Å². The highest BCUT2D eigenvalue weighted by Crippen LogP contribution is 2.29. The Balaban J connectivity index is 1.74. The van der Waals surface area contributed by atoms with Crippen LogP contribution in [0.15, 0.2) is 52.6 Å². The molecule has 0 aliphatic carbocycles. The number of hydrogen-bond acceptors (Lipinski definition) is 6. The van der Waals surface area contributed by atoms with Crippen LogP contribution < -0.4 is 5.32 Å². The first-order valence-corrected chi connectivity index (χ1v) is 9.03. The van der Waals surface area contributed by atoms with E-state index in [1.165, 1.54) is 0 Å². The number of thiophene rings is 1. The Morgan fingerprint density at radius 3 is 2.81 bits per heavy atom. The van der Waals surface area contributed by atoms with Crippen molar-refractivity contribution in [3.8, 4) is 10.6 Å². The first-order valence-electron chi connectivity index (χ1n) is 8.15. The Morgan fingerprint density at radius 2 is 2.08 bits per heavy atom. The van der Waals surface area contributed by atoms with E-state index < -0.39 is 0 Å². The number of carbonyl (C=O) groups excluding carboxylic acids is 1.